The van der Waals surface area contributed by atoms with Crippen molar-refractivity contribution in [3.8, 4) is 0 Å². The number of alkyl halides is 1. The number of aromatic carboxylic acids is 1. The average molecular weight is 199 g/mol. The molecule has 0 aliphatic carbocycles. The summed E-state index contributed by atoms with van der Waals surface area (Å²) in [7, 11) is 0. The van der Waals surface area contributed by atoms with Gasteiger partial charge in [-0.1, -0.05) is 12.1 Å². The molecular weight excluding hydrogens is 188 g/mol. The summed E-state index contributed by atoms with van der Waals surface area (Å²) < 4.78 is 0. The molecule has 3 heteroatoms. The van der Waals surface area contributed by atoms with E-state index >= 15 is 0 Å². The molecule has 0 saturated heterocycles. The lowest BCUT2D eigenvalue weighted by Gasteiger charge is -2.08. The van der Waals surface area contributed by atoms with Crippen LogP contribution in [0.25, 0.3) is 0 Å². The first-order valence-electron chi connectivity index (χ1n) is 3.96. The van der Waals surface area contributed by atoms with Crippen molar-refractivity contribution in [1.82, 2.24) is 0 Å². The summed E-state index contributed by atoms with van der Waals surface area (Å²) in [6.07, 6.45) is 0. The van der Waals surface area contributed by atoms with Crippen molar-refractivity contribution in [2.24, 2.45) is 0 Å². The smallest absolute Gasteiger partial charge is 0.336 e. The second-order valence-electron chi connectivity index (χ2n) is 2.98. The summed E-state index contributed by atoms with van der Waals surface area (Å²) in [6, 6.07) is 3.65. The molecule has 0 unspecified atom stereocenters. The number of rotatable bonds is 2. The Morgan fingerprint density at radius 3 is 2.54 bits per heavy atom. The summed E-state index contributed by atoms with van der Waals surface area (Å²) in [5, 5.41) is 8.92. The van der Waals surface area contributed by atoms with Crippen molar-refractivity contribution in [3.05, 3.63) is 34.4 Å². The fourth-order valence-corrected chi connectivity index (χ4v) is 1.65. The Labute approximate surface area is 82.2 Å². The quantitative estimate of drug-likeness (QED) is 0.742. The first kappa shape index (κ1) is 10.1. The van der Waals surface area contributed by atoms with E-state index in [1.165, 1.54) is 0 Å². The van der Waals surface area contributed by atoms with E-state index in [0.717, 1.165) is 16.7 Å². The fraction of sp³-hybridized carbons (Fsp3) is 0.300. The third-order valence-corrected chi connectivity index (χ3v) is 2.43. The Kier molecular flexibility index (Phi) is 2.94. The van der Waals surface area contributed by atoms with Crippen molar-refractivity contribution < 1.29 is 9.90 Å². The van der Waals surface area contributed by atoms with Gasteiger partial charge in [0.1, 0.15) is 0 Å². The first-order chi connectivity index (χ1) is 6.07. The number of carboxylic acids is 1. The van der Waals surface area contributed by atoms with Crippen molar-refractivity contribution >= 4 is 17.6 Å². The minimum absolute atomic E-state index is 0.354. The molecule has 13 heavy (non-hydrogen) atoms. The Balaban J connectivity index is 3.38. The second kappa shape index (κ2) is 3.79. The van der Waals surface area contributed by atoms with Gasteiger partial charge in [0.15, 0.2) is 0 Å². The van der Waals surface area contributed by atoms with Crippen LogP contribution in [0, 0.1) is 13.8 Å². The van der Waals surface area contributed by atoms with Gasteiger partial charge in [-0.25, -0.2) is 4.79 Å². The number of hydrogen-bond donors (Lipinski definition) is 1. The third kappa shape index (κ3) is 1.83. The lowest BCUT2D eigenvalue weighted by molar-refractivity contribution is 0.0695. The molecule has 0 aromatic heterocycles. The van der Waals surface area contributed by atoms with Crippen LogP contribution in [0.3, 0.4) is 0 Å². The molecule has 2 nitrogen and oxygen atoms in total. The minimum atomic E-state index is -0.887. The molecule has 0 spiro atoms. The molecule has 0 heterocycles. The Morgan fingerprint density at radius 2 is 2.08 bits per heavy atom. The van der Waals surface area contributed by atoms with E-state index in [1.54, 1.807) is 19.9 Å². The molecular formula is C10H11ClO2. The van der Waals surface area contributed by atoms with Crippen molar-refractivity contribution in [1.29, 1.82) is 0 Å². The average Bonchev–Trinajstić information content (AvgIpc) is 2.04. The van der Waals surface area contributed by atoms with E-state index in [4.69, 9.17) is 16.7 Å². The van der Waals surface area contributed by atoms with E-state index in [-0.39, 0.29) is 0 Å². The Hall–Kier alpha value is -1.02. The molecule has 0 fully saturated rings. The highest BCUT2D eigenvalue weighted by Gasteiger charge is 2.12. The van der Waals surface area contributed by atoms with Crippen LogP contribution in [0.1, 0.15) is 27.0 Å². The topological polar surface area (TPSA) is 37.3 Å². The van der Waals surface area contributed by atoms with Gasteiger partial charge in [-0.2, -0.15) is 0 Å². The van der Waals surface area contributed by atoms with Crippen LogP contribution in [0.15, 0.2) is 12.1 Å². The highest BCUT2D eigenvalue weighted by atomic mass is 35.5. The summed E-state index contributed by atoms with van der Waals surface area (Å²) in [5.41, 5.74) is 2.80. The summed E-state index contributed by atoms with van der Waals surface area (Å²) in [5.74, 6) is -0.534. The number of carbonyl (C=O) groups is 1. The van der Waals surface area contributed by atoms with Gasteiger partial charge in [-0.05, 0) is 30.5 Å². The molecule has 1 rings (SSSR count). The molecule has 0 amide bonds. The zero-order valence-corrected chi connectivity index (χ0v) is 8.35. The van der Waals surface area contributed by atoms with E-state index in [0.29, 0.717) is 11.4 Å². The number of halogens is 1. The zero-order valence-electron chi connectivity index (χ0n) is 7.60. The molecule has 0 bridgehead atoms. The Bertz CT molecular complexity index is 345. The van der Waals surface area contributed by atoms with Crippen LogP contribution < -0.4 is 0 Å². The molecule has 0 saturated carbocycles. The molecule has 0 radical (unpaired) electrons. The summed E-state index contributed by atoms with van der Waals surface area (Å²) in [4.78, 5) is 10.9. The van der Waals surface area contributed by atoms with E-state index in [1.807, 2.05) is 6.07 Å². The fourth-order valence-electron chi connectivity index (χ4n) is 1.36. The Morgan fingerprint density at radius 1 is 1.46 bits per heavy atom. The van der Waals surface area contributed by atoms with Crippen LogP contribution in [-0.4, -0.2) is 11.1 Å². The lowest BCUT2D eigenvalue weighted by Crippen LogP contribution is -2.04. The predicted octanol–water partition coefficient (Wildman–Crippen LogP) is 2.74. The molecule has 1 aromatic rings. The van der Waals surface area contributed by atoms with Crippen molar-refractivity contribution in [2.45, 2.75) is 19.7 Å². The van der Waals surface area contributed by atoms with Gasteiger partial charge in [0, 0.05) is 5.88 Å². The number of benzene rings is 1. The molecule has 70 valence electrons. The minimum Gasteiger partial charge on any atom is -0.478 e. The maximum absolute atomic E-state index is 10.9. The van der Waals surface area contributed by atoms with Gasteiger partial charge in [0.2, 0.25) is 0 Å². The SMILES string of the molecule is Cc1ccc(CCl)c(C)c1C(=O)O. The molecule has 0 atom stereocenters. The molecule has 1 aromatic carbocycles. The maximum atomic E-state index is 10.9. The highest BCUT2D eigenvalue weighted by Crippen LogP contribution is 2.19. The molecule has 0 aliphatic heterocycles. The van der Waals surface area contributed by atoms with E-state index in [2.05, 4.69) is 0 Å². The number of hydrogen-bond acceptors (Lipinski definition) is 1. The van der Waals surface area contributed by atoms with Crippen LogP contribution in [-0.2, 0) is 5.88 Å². The molecule has 1 N–H and O–H groups in total. The molecule has 0 aliphatic rings. The second-order valence-corrected chi connectivity index (χ2v) is 3.25. The van der Waals surface area contributed by atoms with E-state index < -0.39 is 5.97 Å². The first-order valence-corrected chi connectivity index (χ1v) is 4.49. The standard InChI is InChI=1S/C10H11ClO2/c1-6-3-4-8(5-11)7(2)9(6)10(12)13/h3-4H,5H2,1-2H3,(H,12,13). The maximum Gasteiger partial charge on any atom is 0.336 e. The monoisotopic (exact) mass is 198 g/mol. The van der Waals surface area contributed by atoms with Crippen LogP contribution >= 0.6 is 11.6 Å². The van der Waals surface area contributed by atoms with Crippen LogP contribution in [0.5, 0.6) is 0 Å². The predicted molar refractivity (Wildman–Crippen MR) is 52.4 cm³/mol. The van der Waals surface area contributed by atoms with Gasteiger partial charge in [0.05, 0.1) is 5.56 Å². The van der Waals surface area contributed by atoms with Crippen molar-refractivity contribution in [3.63, 3.8) is 0 Å². The van der Waals surface area contributed by atoms with Gasteiger partial charge in [0.25, 0.3) is 0 Å². The van der Waals surface area contributed by atoms with Crippen LogP contribution in [0.2, 0.25) is 0 Å². The number of aryl methyl sites for hydroxylation is 1. The largest absolute Gasteiger partial charge is 0.478 e. The summed E-state index contributed by atoms with van der Waals surface area (Å²) >= 11 is 5.67. The highest BCUT2D eigenvalue weighted by molar-refractivity contribution is 6.17. The third-order valence-electron chi connectivity index (χ3n) is 2.14. The van der Waals surface area contributed by atoms with Gasteiger partial charge >= 0.3 is 5.97 Å². The zero-order chi connectivity index (χ0) is 10.0. The van der Waals surface area contributed by atoms with Gasteiger partial charge < -0.3 is 5.11 Å². The van der Waals surface area contributed by atoms with Gasteiger partial charge in [-0.3, -0.25) is 0 Å². The summed E-state index contributed by atoms with van der Waals surface area (Å²) in [6.45, 7) is 3.57. The lowest BCUT2D eigenvalue weighted by atomic mass is 9.99. The van der Waals surface area contributed by atoms with Gasteiger partial charge in [-0.15, -0.1) is 11.6 Å². The number of carboxylic acid groups (broad SMARTS) is 1. The van der Waals surface area contributed by atoms with E-state index in [9.17, 15) is 4.79 Å². The van der Waals surface area contributed by atoms with Crippen molar-refractivity contribution in [2.75, 3.05) is 0 Å². The normalized spacial score (nSPS) is 10.1. The van der Waals surface area contributed by atoms with Crippen LogP contribution in [0.4, 0.5) is 0 Å².